The van der Waals surface area contributed by atoms with Gasteiger partial charge in [0.15, 0.2) is 11.5 Å². The molecule has 8 nitrogen and oxygen atoms in total. The summed E-state index contributed by atoms with van der Waals surface area (Å²) < 4.78 is 21.9. The van der Waals surface area contributed by atoms with Crippen LogP contribution in [-0.4, -0.2) is 40.5 Å². The molecule has 30 heavy (non-hydrogen) atoms. The van der Waals surface area contributed by atoms with Gasteiger partial charge in [-0.1, -0.05) is 36.4 Å². The van der Waals surface area contributed by atoms with Crippen molar-refractivity contribution in [1.29, 1.82) is 0 Å². The van der Waals surface area contributed by atoms with Crippen molar-refractivity contribution in [3.63, 3.8) is 0 Å². The summed E-state index contributed by atoms with van der Waals surface area (Å²) in [5, 5.41) is 5.84. The highest BCUT2D eigenvalue weighted by atomic mass is 16.6. The lowest BCUT2D eigenvalue weighted by atomic mass is 9.99. The highest BCUT2D eigenvalue weighted by molar-refractivity contribution is 6.03. The number of fused-ring (bicyclic) bond motifs is 1. The first-order valence-corrected chi connectivity index (χ1v) is 9.10. The molecule has 0 unspecified atom stereocenters. The Hall–Kier alpha value is -3.94. The van der Waals surface area contributed by atoms with E-state index in [2.05, 4.69) is 10.6 Å². The van der Waals surface area contributed by atoms with E-state index < -0.39 is 12.2 Å². The van der Waals surface area contributed by atoms with E-state index in [0.717, 1.165) is 11.1 Å². The molecule has 0 saturated heterocycles. The molecular formula is C22H22N2O6. The maximum absolute atomic E-state index is 12.0. The van der Waals surface area contributed by atoms with Gasteiger partial charge in [0.1, 0.15) is 0 Å². The number of benzene rings is 3. The van der Waals surface area contributed by atoms with E-state index in [9.17, 15) is 9.59 Å². The lowest BCUT2D eigenvalue weighted by Crippen LogP contribution is -2.23. The van der Waals surface area contributed by atoms with Crippen molar-refractivity contribution in [1.82, 2.24) is 10.6 Å². The molecule has 0 aliphatic rings. The molecular weight excluding hydrogens is 388 g/mol. The van der Waals surface area contributed by atoms with Crippen LogP contribution < -0.4 is 29.6 Å². The molecule has 0 fully saturated rings. The van der Waals surface area contributed by atoms with Crippen molar-refractivity contribution in [2.45, 2.75) is 0 Å². The smallest absolute Gasteiger partial charge is 0.412 e. The van der Waals surface area contributed by atoms with Gasteiger partial charge in [-0.05, 0) is 23.3 Å². The van der Waals surface area contributed by atoms with Crippen LogP contribution >= 0.6 is 0 Å². The van der Waals surface area contributed by atoms with Crippen molar-refractivity contribution in [2.75, 3.05) is 28.3 Å². The Balaban J connectivity index is 2.36. The first-order valence-electron chi connectivity index (χ1n) is 9.10. The molecule has 0 atom stereocenters. The number of ether oxygens (including phenoxy) is 4. The molecule has 0 aromatic heterocycles. The van der Waals surface area contributed by atoms with Crippen LogP contribution in [0.3, 0.4) is 0 Å². The predicted molar refractivity (Wildman–Crippen MR) is 113 cm³/mol. The van der Waals surface area contributed by atoms with Crippen LogP contribution in [0.1, 0.15) is 0 Å². The van der Waals surface area contributed by atoms with Crippen LogP contribution in [0.25, 0.3) is 21.9 Å². The Morgan fingerprint density at radius 1 is 0.667 bits per heavy atom. The Morgan fingerprint density at radius 3 is 1.70 bits per heavy atom. The molecule has 0 bridgehead atoms. The highest BCUT2D eigenvalue weighted by Crippen LogP contribution is 2.51. The Bertz CT molecular complexity index is 1080. The SMILES string of the molecule is CNC(=O)Oc1c(OC)c(OC)c(OC(=O)NC)c2cc(-c3ccccc3)ccc12. The first-order chi connectivity index (χ1) is 14.5. The third-order valence-electron chi connectivity index (χ3n) is 4.44. The van der Waals surface area contributed by atoms with E-state index in [4.69, 9.17) is 18.9 Å². The van der Waals surface area contributed by atoms with Gasteiger partial charge in [0.05, 0.1) is 14.2 Å². The van der Waals surface area contributed by atoms with Crippen LogP contribution in [0.5, 0.6) is 23.0 Å². The summed E-state index contributed by atoms with van der Waals surface area (Å²) in [5.74, 6) is 0.538. The quantitative estimate of drug-likeness (QED) is 0.661. The molecule has 0 radical (unpaired) electrons. The minimum Gasteiger partial charge on any atom is -0.490 e. The van der Waals surface area contributed by atoms with Gasteiger partial charge in [-0.3, -0.25) is 0 Å². The van der Waals surface area contributed by atoms with E-state index >= 15 is 0 Å². The maximum atomic E-state index is 12.0. The van der Waals surface area contributed by atoms with E-state index in [1.807, 2.05) is 42.5 Å². The zero-order valence-electron chi connectivity index (χ0n) is 17.1. The van der Waals surface area contributed by atoms with Crippen molar-refractivity contribution in [3.05, 3.63) is 48.5 Å². The van der Waals surface area contributed by atoms with E-state index in [1.165, 1.54) is 28.3 Å². The third kappa shape index (κ3) is 3.93. The number of amides is 2. The summed E-state index contributed by atoms with van der Waals surface area (Å²) in [4.78, 5) is 24.0. The van der Waals surface area contributed by atoms with Gasteiger partial charge in [0.25, 0.3) is 0 Å². The molecule has 3 aromatic carbocycles. The predicted octanol–water partition coefficient (Wildman–Crippen LogP) is 3.96. The second-order valence-corrected chi connectivity index (χ2v) is 6.13. The summed E-state index contributed by atoms with van der Waals surface area (Å²) >= 11 is 0. The van der Waals surface area contributed by atoms with Gasteiger partial charge >= 0.3 is 12.2 Å². The minimum absolute atomic E-state index is 0.123. The third-order valence-corrected chi connectivity index (χ3v) is 4.44. The average molecular weight is 410 g/mol. The zero-order valence-corrected chi connectivity index (χ0v) is 17.1. The number of carbonyl (C=O) groups excluding carboxylic acids is 2. The van der Waals surface area contributed by atoms with Crippen molar-refractivity contribution in [3.8, 4) is 34.1 Å². The van der Waals surface area contributed by atoms with Gasteiger partial charge in [0.2, 0.25) is 11.5 Å². The van der Waals surface area contributed by atoms with Crippen LogP contribution in [0.4, 0.5) is 9.59 Å². The summed E-state index contributed by atoms with van der Waals surface area (Å²) in [6.45, 7) is 0. The fourth-order valence-corrected chi connectivity index (χ4v) is 3.05. The molecule has 0 aliphatic heterocycles. The van der Waals surface area contributed by atoms with Crippen LogP contribution in [0.2, 0.25) is 0 Å². The summed E-state index contributed by atoms with van der Waals surface area (Å²) in [6, 6.07) is 15.2. The maximum Gasteiger partial charge on any atom is 0.412 e. The summed E-state index contributed by atoms with van der Waals surface area (Å²) in [6.07, 6.45) is -1.36. The molecule has 156 valence electrons. The molecule has 3 aromatic rings. The molecule has 2 N–H and O–H groups in total. The van der Waals surface area contributed by atoms with E-state index in [-0.39, 0.29) is 23.0 Å². The molecule has 0 spiro atoms. The fraction of sp³-hybridized carbons (Fsp3) is 0.182. The summed E-state index contributed by atoms with van der Waals surface area (Å²) in [7, 11) is 5.71. The van der Waals surface area contributed by atoms with Gasteiger partial charge in [0, 0.05) is 24.9 Å². The first kappa shape index (κ1) is 20.8. The Kier molecular flexibility index (Phi) is 6.26. The van der Waals surface area contributed by atoms with Crippen LogP contribution in [0, 0.1) is 0 Å². The standard InChI is InChI=1S/C22H22N2O6/c1-23-21(25)29-17-15-11-10-14(13-8-6-5-7-9-13)12-16(15)18(30-22(26)24-2)20(28-4)19(17)27-3/h5-12H,1-4H3,(H,23,25)(H,24,26). The molecule has 0 heterocycles. The van der Waals surface area contributed by atoms with Crippen LogP contribution in [-0.2, 0) is 0 Å². The number of hydrogen-bond acceptors (Lipinski definition) is 6. The Morgan fingerprint density at radius 2 is 1.20 bits per heavy atom. The van der Waals surface area contributed by atoms with Crippen LogP contribution in [0.15, 0.2) is 48.5 Å². The monoisotopic (exact) mass is 410 g/mol. The van der Waals surface area contributed by atoms with E-state index in [0.29, 0.717) is 10.8 Å². The number of methoxy groups -OCH3 is 2. The molecule has 8 heteroatoms. The largest absolute Gasteiger partial charge is 0.490 e. The van der Waals surface area contributed by atoms with Crippen molar-refractivity contribution < 1.29 is 28.5 Å². The highest BCUT2D eigenvalue weighted by Gasteiger charge is 2.27. The van der Waals surface area contributed by atoms with Gasteiger partial charge < -0.3 is 29.6 Å². The van der Waals surface area contributed by atoms with Gasteiger partial charge in [-0.15, -0.1) is 0 Å². The lowest BCUT2D eigenvalue weighted by molar-refractivity contribution is 0.197. The number of carbonyl (C=O) groups is 2. The van der Waals surface area contributed by atoms with Gasteiger partial charge in [-0.25, -0.2) is 9.59 Å². The molecule has 2 amide bonds. The number of nitrogens with one attached hydrogen (secondary N) is 2. The second-order valence-electron chi connectivity index (χ2n) is 6.13. The average Bonchev–Trinajstić information content (AvgIpc) is 2.79. The minimum atomic E-state index is -0.679. The fourth-order valence-electron chi connectivity index (χ4n) is 3.05. The topological polar surface area (TPSA) is 95.1 Å². The van der Waals surface area contributed by atoms with Crippen molar-refractivity contribution >= 4 is 23.0 Å². The molecule has 3 rings (SSSR count). The van der Waals surface area contributed by atoms with Gasteiger partial charge in [-0.2, -0.15) is 0 Å². The van der Waals surface area contributed by atoms with Crippen molar-refractivity contribution in [2.24, 2.45) is 0 Å². The number of rotatable bonds is 5. The normalized spacial score (nSPS) is 10.3. The summed E-state index contributed by atoms with van der Waals surface area (Å²) in [5.41, 5.74) is 1.84. The molecule has 0 saturated carbocycles. The zero-order chi connectivity index (χ0) is 21.7. The molecule has 0 aliphatic carbocycles. The second kappa shape index (κ2) is 9.04. The Labute approximate surface area is 173 Å². The van der Waals surface area contributed by atoms with E-state index in [1.54, 1.807) is 6.07 Å². The number of hydrogen-bond donors (Lipinski definition) is 2. The lowest BCUT2D eigenvalue weighted by Gasteiger charge is -2.19.